The van der Waals surface area contributed by atoms with Crippen molar-refractivity contribution in [2.75, 3.05) is 0 Å². The Morgan fingerprint density at radius 1 is 0.800 bits per heavy atom. The molecule has 0 aromatic heterocycles. The molecule has 30 heavy (non-hydrogen) atoms. The van der Waals surface area contributed by atoms with Gasteiger partial charge in [-0.2, -0.15) is 0 Å². The van der Waals surface area contributed by atoms with Crippen molar-refractivity contribution in [2.24, 2.45) is 0 Å². The molecule has 1 aromatic rings. The average molecular weight is 425 g/mol. The summed E-state index contributed by atoms with van der Waals surface area (Å²) >= 11 is 0. The van der Waals surface area contributed by atoms with Crippen molar-refractivity contribution in [3.05, 3.63) is 23.0 Å². The molecular formula is C25H41FO4. The minimum Gasteiger partial charge on any atom is -0.504 e. The summed E-state index contributed by atoms with van der Waals surface area (Å²) in [5, 5.41) is 19.4. The molecule has 1 aromatic carbocycles. The minimum atomic E-state index is -1.55. The zero-order valence-corrected chi connectivity index (χ0v) is 19.0. The van der Waals surface area contributed by atoms with E-state index < -0.39 is 12.0 Å². The summed E-state index contributed by atoms with van der Waals surface area (Å²) < 4.78 is 19.3. The molecule has 0 spiro atoms. The summed E-state index contributed by atoms with van der Waals surface area (Å²) in [6, 6.07) is 1.01. The van der Waals surface area contributed by atoms with Crippen LogP contribution in [0.1, 0.15) is 115 Å². The van der Waals surface area contributed by atoms with Crippen molar-refractivity contribution in [3.63, 3.8) is 0 Å². The Hall–Kier alpha value is -1.78. The molecule has 1 rings (SSSR count). The van der Waals surface area contributed by atoms with Gasteiger partial charge in [-0.1, -0.05) is 90.9 Å². The number of carboxylic acid groups (broad SMARTS) is 1. The first-order valence-electron chi connectivity index (χ1n) is 11.9. The maximum absolute atomic E-state index is 14.7. The van der Waals surface area contributed by atoms with Crippen LogP contribution in [0.2, 0.25) is 0 Å². The molecule has 0 heterocycles. The third-order valence-corrected chi connectivity index (χ3v) is 5.69. The van der Waals surface area contributed by atoms with Crippen LogP contribution in [-0.2, 0) is 12.8 Å². The Kier molecular flexibility index (Phi) is 14.0. The number of halogens is 1. The van der Waals surface area contributed by atoms with Crippen molar-refractivity contribution in [3.8, 4) is 11.5 Å². The van der Waals surface area contributed by atoms with Crippen molar-refractivity contribution < 1.29 is 24.1 Å². The maximum atomic E-state index is 14.7. The van der Waals surface area contributed by atoms with E-state index in [9.17, 15) is 14.3 Å². The zero-order valence-electron chi connectivity index (χ0n) is 19.0. The molecule has 0 aliphatic heterocycles. The van der Waals surface area contributed by atoms with Gasteiger partial charge in [-0.3, -0.25) is 0 Å². The largest absolute Gasteiger partial charge is 0.511 e. The number of phenols is 1. The number of unbranched alkanes of at least 4 members (excludes halogenated alkanes) is 12. The van der Waals surface area contributed by atoms with Crippen molar-refractivity contribution in [2.45, 2.75) is 117 Å². The van der Waals surface area contributed by atoms with Gasteiger partial charge < -0.3 is 14.9 Å². The Bertz CT molecular complexity index is 616. The first-order chi connectivity index (χ1) is 14.5. The molecule has 0 atom stereocenters. The van der Waals surface area contributed by atoms with E-state index in [-0.39, 0.29) is 11.5 Å². The summed E-state index contributed by atoms with van der Waals surface area (Å²) in [5.41, 5.74) is 1.04. The third-order valence-electron chi connectivity index (χ3n) is 5.69. The van der Waals surface area contributed by atoms with Gasteiger partial charge in [-0.25, -0.2) is 9.18 Å². The van der Waals surface area contributed by atoms with E-state index in [4.69, 9.17) is 5.11 Å². The highest BCUT2D eigenvalue weighted by Crippen LogP contribution is 2.36. The number of rotatable bonds is 17. The van der Waals surface area contributed by atoms with Crippen LogP contribution in [0.4, 0.5) is 9.18 Å². The summed E-state index contributed by atoms with van der Waals surface area (Å²) in [5.74, 6) is -1.00. The normalized spacial score (nSPS) is 11.0. The van der Waals surface area contributed by atoms with Gasteiger partial charge in [-0.05, 0) is 31.2 Å². The highest BCUT2D eigenvalue weighted by molar-refractivity contribution is 5.64. The highest BCUT2D eigenvalue weighted by atomic mass is 19.1. The predicted molar refractivity (Wildman–Crippen MR) is 120 cm³/mol. The Morgan fingerprint density at radius 2 is 1.23 bits per heavy atom. The number of ether oxygens (including phenoxy) is 1. The lowest BCUT2D eigenvalue weighted by molar-refractivity contribution is 0.142. The fourth-order valence-electron chi connectivity index (χ4n) is 3.94. The molecule has 172 valence electrons. The number of benzene rings is 1. The number of hydrogen-bond donors (Lipinski definition) is 2. The molecule has 5 heteroatoms. The second-order valence-electron chi connectivity index (χ2n) is 8.27. The summed E-state index contributed by atoms with van der Waals surface area (Å²) in [6.45, 7) is 4.38. The van der Waals surface area contributed by atoms with Crippen LogP contribution in [0.3, 0.4) is 0 Å². The van der Waals surface area contributed by atoms with Crippen LogP contribution in [0.25, 0.3) is 0 Å². The fraction of sp³-hybridized carbons (Fsp3) is 0.720. The number of phenolic OH excluding ortho intramolecular Hbond substituents is 1. The van der Waals surface area contributed by atoms with E-state index in [1.165, 1.54) is 51.4 Å². The van der Waals surface area contributed by atoms with Gasteiger partial charge in [0.05, 0.1) is 0 Å². The van der Waals surface area contributed by atoms with E-state index in [0.717, 1.165) is 44.6 Å². The topological polar surface area (TPSA) is 66.8 Å². The molecule has 0 unspecified atom stereocenters. The molecule has 0 bridgehead atoms. The van der Waals surface area contributed by atoms with Crippen LogP contribution in [0.15, 0.2) is 6.07 Å². The second kappa shape index (κ2) is 16.0. The van der Waals surface area contributed by atoms with Gasteiger partial charge in [0.2, 0.25) is 0 Å². The van der Waals surface area contributed by atoms with Gasteiger partial charge in [0, 0.05) is 11.6 Å². The molecule has 0 radical (unpaired) electrons. The lowest BCUT2D eigenvalue weighted by Gasteiger charge is -2.16. The van der Waals surface area contributed by atoms with Gasteiger partial charge in [0.15, 0.2) is 11.5 Å². The van der Waals surface area contributed by atoms with Crippen LogP contribution < -0.4 is 4.74 Å². The van der Waals surface area contributed by atoms with Gasteiger partial charge in [0.25, 0.3) is 0 Å². The Morgan fingerprint density at radius 3 is 1.70 bits per heavy atom. The SMILES string of the molecule is CCCCCCCCCc1c(F)cc(OC(=O)O)c(O)c1CCCCCCCCC. The Balaban J connectivity index is 2.71. The summed E-state index contributed by atoms with van der Waals surface area (Å²) in [6.07, 6.45) is 15.4. The van der Waals surface area contributed by atoms with Gasteiger partial charge in [0.1, 0.15) is 5.82 Å². The van der Waals surface area contributed by atoms with E-state index in [2.05, 4.69) is 18.6 Å². The van der Waals surface area contributed by atoms with E-state index in [1.807, 2.05) is 0 Å². The van der Waals surface area contributed by atoms with E-state index in [0.29, 0.717) is 24.0 Å². The number of carbonyl (C=O) groups is 1. The Labute approximate surface area is 181 Å². The van der Waals surface area contributed by atoms with Crippen LogP contribution in [0.5, 0.6) is 11.5 Å². The first kappa shape index (κ1) is 26.3. The minimum absolute atomic E-state index is 0.220. The maximum Gasteiger partial charge on any atom is 0.511 e. The third kappa shape index (κ3) is 10.3. The molecular weight excluding hydrogens is 383 g/mol. The fourth-order valence-corrected chi connectivity index (χ4v) is 3.94. The van der Waals surface area contributed by atoms with Crippen molar-refractivity contribution in [1.29, 1.82) is 0 Å². The molecule has 0 fully saturated rings. The summed E-state index contributed by atoms with van der Waals surface area (Å²) in [7, 11) is 0. The highest BCUT2D eigenvalue weighted by Gasteiger charge is 2.20. The van der Waals surface area contributed by atoms with Crippen LogP contribution in [-0.4, -0.2) is 16.4 Å². The monoisotopic (exact) mass is 424 g/mol. The van der Waals surface area contributed by atoms with Crippen LogP contribution in [0, 0.1) is 5.82 Å². The molecule has 4 nitrogen and oxygen atoms in total. The predicted octanol–water partition coefficient (Wildman–Crippen LogP) is 8.17. The van der Waals surface area contributed by atoms with E-state index >= 15 is 0 Å². The first-order valence-corrected chi connectivity index (χ1v) is 11.9. The molecule has 0 aliphatic rings. The lowest BCUT2D eigenvalue weighted by atomic mass is 9.94. The average Bonchev–Trinajstić information content (AvgIpc) is 2.71. The lowest BCUT2D eigenvalue weighted by Crippen LogP contribution is -2.07. The molecule has 0 saturated heterocycles. The number of aromatic hydroxyl groups is 1. The van der Waals surface area contributed by atoms with Gasteiger partial charge >= 0.3 is 6.16 Å². The van der Waals surface area contributed by atoms with Crippen molar-refractivity contribution >= 4 is 6.16 Å². The summed E-state index contributed by atoms with van der Waals surface area (Å²) in [4.78, 5) is 10.9. The second-order valence-corrected chi connectivity index (χ2v) is 8.27. The number of hydrogen-bond acceptors (Lipinski definition) is 3. The zero-order chi connectivity index (χ0) is 22.2. The molecule has 0 amide bonds. The quantitative estimate of drug-likeness (QED) is 0.150. The standard InChI is InChI=1S/C25H41FO4/c1-3-5-7-9-11-13-15-17-20-21(18-16-14-12-10-8-6-4-2)24(27)23(19-22(20)26)30-25(28)29/h19,27H,3-18H2,1-2H3,(H,28,29). The molecule has 0 saturated carbocycles. The van der Waals surface area contributed by atoms with Crippen LogP contribution >= 0.6 is 0 Å². The van der Waals surface area contributed by atoms with Gasteiger partial charge in [-0.15, -0.1) is 0 Å². The smallest absolute Gasteiger partial charge is 0.504 e. The van der Waals surface area contributed by atoms with Crippen molar-refractivity contribution in [1.82, 2.24) is 0 Å². The molecule has 2 N–H and O–H groups in total. The van der Waals surface area contributed by atoms with E-state index in [1.54, 1.807) is 0 Å². The molecule has 0 aliphatic carbocycles.